The minimum absolute atomic E-state index is 0.0109. The number of hydrogen-bond acceptors (Lipinski definition) is 3. The van der Waals surface area contributed by atoms with Crippen molar-refractivity contribution in [3.8, 4) is 11.3 Å². The molecule has 0 amide bonds. The Balaban J connectivity index is 2.61. The third-order valence-corrected chi connectivity index (χ3v) is 2.19. The molecule has 0 N–H and O–H groups in total. The van der Waals surface area contributed by atoms with Crippen molar-refractivity contribution in [2.75, 3.05) is 0 Å². The minimum Gasteiger partial charge on any atom is -0.318 e. The zero-order valence-electron chi connectivity index (χ0n) is 8.56. The van der Waals surface area contributed by atoms with Gasteiger partial charge in [0.15, 0.2) is 0 Å². The van der Waals surface area contributed by atoms with Crippen LogP contribution in [0, 0.1) is 13.1 Å². The van der Waals surface area contributed by atoms with Crippen molar-refractivity contribution in [2.24, 2.45) is 7.05 Å². The van der Waals surface area contributed by atoms with Crippen molar-refractivity contribution >= 4 is 0 Å². The Morgan fingerprint density at radius 1 is 1.47 bits per heavy atom. The molecule has 75 valence electrons. The van der Waals surface area contributed by atoms with Gasteiger partial charge in [-0.05, 0) is 19.1 Å². The molecular weight excluding hydrogens is 190 g/mol. The van der Waals surface area contributed by atoms with Gasteiger partial charge in [0, 0.05) is 24.4 Å². The Bertz CT molecular complexity index is 505. The predicted octanol–water partition coefficient (Wildman–Crippen LogP) is 0.951. The first-order valence-corrected chi connectivity index (χ1v) is 4.54. The quantitative estimate of drug-likeness (QED) is 0.688. The molecule has 0 saturated heterocycles. The van der Waals surface area contributed by atoms with Crippen LogP contribution in [0.1, 0.15) is 5.56 Å². The number of pyridine rings is 1. The van der Waals surface area contributed by atoms with Crippen molar-refractivity contribution in [1.82, 2.24) is 14.5 Å². The van der Waals surface area contributed by atoms with Crippen LogP contribution in [-0.2, 0) is 7.05 Å². The van der Waals surface area contributed by atoms with Crippen molar-refractivity contribution in [3.63, 3.8) is 0 Å². The Kier molecular flexibility index (Phi) is 2.33. The smallest absolute Gasteiger partial charge is 0.253 e. The van der Waals surface area contributed by atoms with Gasteiger partial charge in [0.25, 0.3) is 5.56 Å². The topological polar surface area (TPSA) is 47.8 Å². The van der Waals surface area contributed by atoms with Crippen molar-refractivity contribution < 1.29 is 0 Å². The molecule has 0 bridgehead atoms. The van der Waals surface area contributed by atoms with Gasteiger partial charge in [0.05, 0.1) is 11.9 Å². The molecule has 0 spiro atoms. The minimum atomic E-state index is 0.0109. The highest BCUT2D eigenvalue weighted by molar-refractivity contribution is 5.57. The lowest BCUT2D eigenvalue weighted by molar-refractivity contribution is 0.849. The van der Waals surface area contributed by atoms with Gasteiger partial charge in [-0.25, -0.2) is 9.97 Å². The second-order valence-electron chi connectivity index (χ2n) is 3.36. The number of hydrogen-bond donors (Lipinski definition) is 0. The maximum atomic E-state index is 11.5. The van der Waals surface area contributed by atoms with Gasteiger partial charge in [0.1, 0.15) is 6.33 Å². The molecule has 0 aromatic carbocycles. The van der Waals surface area contributed by atoms with Crippen molar-refractivity contribution in [2.45, 2.75) is 6.92 Å². The Morgan fingerprint density at radius 2 is 2.27 bits per heavy atom. The van der Waals surface area contributed by atoms with E-state index in [1.807, 2.05) is 6.07 Å². The molecule has 0 fully saturated rings. The molecule has 0 aliphatic rings. The monoisotopic (exact) mass is 200 g/mol. The van der Waals surface area contributed by atoms with E-state index in [2.05, 4.69) is 16.2 Å². The summed E-state index contributed by atoms with van der Waals surface area (Å²) >= 11 is 0. The molecule has 4 nitrogen and oxygen atoms in total. The van der Waals surface area contributed by atoms with E-state index in [9.17, 15) is 4.79 Å². The van der Waals surface area contributed by atoms with E-state index >= 15 is 0 Å². The first kappa shape index (κ1) is 9.58. The van der Waals surface area contributed by atoms with Gasteiger partial charge in [-0.3, -0.25) is 4.79 Å². The van der Waals surface area contributed by atoms with Gasteiger partial charge in [-0.2, -0.15) is 0 Å². The van der Waals surface area contributed by atoms with E-state index in [0.29, 0.717) is 5.56 Å². The largest absolute Gasteiger partial charge is 0.318 e. The summed E-state index contributed by atoms with van der Waals surface area (Å²) in [5, 5.41) is 0. The summed E-state index contributed by atoms with van der Waals surface area (Å²) in [6.45, 7) is 1.79. The van der Waals surface area contributed by atoms with Crippen LogP contribution < -0.4 is 5.56 Å². The molecule has 0 aliphatic carbocycles. The van der Waals surface area contributed by atoms with Crippen LogP contribution in [0.15, 0.2) is 29.5 Å². The SMILES string of the molecule is Cc1cc(-c2c[c]ncn2)cn(C)c1=O. The molecule has 2 rings (SSSR count). The second-order valence-corrected chi connectivity index (χ2v) is 3.36. The molecular formula is C11H10N3O. The first-order chi connectivity index (χ1) is 7.18. The van der Waals surface area contributed by atoms with Gasteiger partial charge in [-0.1, -0.05) is 0 Å². The number of aryl methyl sites for hydroxylation is 2. The summed E-state index contributed by atoms with van der Waals surface area (Å²) in [5.41, 5.74) is 2.38. The fourth-order valence-corrected chi connectivity index (χ4v) is 1.44. The fourth-order valence-electron chi connectivity index (χ4n) is 1.44. The van der Waals surface area contributed by atoms with E-state index in [-0.39, 0.29) is 5.56 Å². The van der Waals surface area contributed by atoms with E-state index in [1.165, 1.54) is 6.33 Å². The summed E-state index contributed by atoms with van der Waals surface area (Å²) in [6.07, 6.45) is 5.91. The third kappa shape index (κ3) is 1.79. The molecule has 0 unspecified atom stereocenters. The Hall–Kier alpha value is -1.97. The second kappa shape index (κ2) is 3.65. The molecule has 0 saturated carbocycles. The highest BCUT2D eigenvalue weighted by Crippen LogP contribution is 2.14. The summed E-state index contributed by atoms with van der Waals surface area (Å²) in [5.74, 6) is 0. The average Bonchev–Trinajstić information content (AvgIpc) is 2.26. The average molecular weight is 200 g/mol. The van der Waals surface area contributed by atoms with Crippen LogP contribution in [0.5, 0.6) is 0 Å². The highest BCUT2D eigenvalue weighted by Gasteiger charge is 2.03. The van der Waals surface area contributed by atoms with Gasteiger partial charge >= 0.3 is 0 Å². The molecule has 0 atom stereocenters. The van der Waals surface area contributed by atoms with E-state index in [1.54, 1.807) is 30.8 Å². The zero-order valence-corrected chi connectivity index (χ0v) is 8.56. The lowest BCUT2D eigenvalue weighted by atomic mass is 10.1. The molecule has 2 aromatic heterocycles. The standard InChI is InChI=1S/C11H10N3O/c1-8-5-9(6-14(2)11(8)15)10-3-4-12-7-13-10/h3,5-7H,1-2H3. The maximum Gasteiger partial charge on any atom is 0.253 e. The van der Waals surface area contributed by atoms with E-state index in [4.69, 9.17) is 0 Å². The molecule has 0 aliphatic heterocycles. The lowest BCUT2D eigenvalue weighted by Gasteiger charge is -2.04. The first-order valence-electron chi connectivity index (χ1n) is 4.54. The molecule has 2 heterocycles. The van der Waals surface area contributed by atoms with Crippen LogP contribution in [0.3, 0.4) is 0 Å². The van der Waals surface area contributed by atoms with Gasteiger partial charge < -0.3 is 4.57 Å². The third-order valence-electron chi connectivity index (χ3n) is 2.19. The van der Waals surface area contributed by atoms with Crippen LogP contribution in [0.4, 0.5) is 0 Å². The predicted molar refractivity (Wildman–Crippen MR) is 56.3 cm³/mol. The highest BCUT2D eigenvalue weighted by atomic mass is 16.1. The summed E-state index contributed by atoms with van der Waals surface area (Å²) in [4.78, 5) is 19.3. The summed E-state index contributed by atoms with van der Waals surface area (Å²) in [7, 11) is 1.73. The number of rotatable bonds is 1. The van der Waals surface area contributed by atoms with Crippen LogP contribution in [-0.4, -0.2) is 14.5 Å². The van der Waals surface area contributed by atoms with Crippen LogP contribution in [0.2, 0.25) is 0 Å². The van der Waals surface area contributed by atoms with Crippen LogP contribution >= 0.6 is 0 Å². The van der Waals surface area contributed by atoms with Crippen LogP contribution in [0.25, 0.3) is 11.3 Å². The molecule has 4 heteroatoms. The normalized spacial score (nSPS) is 10.3. The molecule has 15 heavy (non-hydrogen) atoms. The van der Waals surface area contributed by atoms with Crippen molar-refractivity contribution in [1.29, 1.82) is 0 Å². The zero-order chi connectivity index (χ0) is 10.8. The lowest BCUT2D eigenvalue weighted by Crippen LogP contribution is -2.18. The van der Waals surface area contributed by atoms with E-state index < -0.39 is 0 Å². The number of aromatic nitrogens is 3. The maximum absolute atomic E-state index is 11.5. The summed E-state index contributed by atoms with van der Waals surface area (Å²) in [6, 6.07) is 3.51. The molecule has 2 aromatic rings. The van der Waals surface area contributed by atoms with E-state index in [0.717, 1.165) is 11.3 Å². The molecule has 1 radical (unpaired) electrons. The fraction of sp³-hybridized carbons (Fsp3) is 0.182. The van der Waals surface area contributed by atoms with Gasteiger partial charge in [-0.15, -0.1) is 0 Å². The number of nitrogens with zero attached hydrogens (tertiary/aromatic N) is 3. The summed E-state index contributed by atoms with van der Waals surface area (Å²) < 4.78 is 1.55. The van der Waals surface area contributed by atoms with Crippen molar-refractivity contribution in [3.05, 3.63) is 46.8 Å². The Morgan fingerprint density at radius 3 is 2.87 bits per heavy atom. The van der Waals surface area contributed by atoms with Gasteiger partial charge in [0.2, 0.25) is 0 Å². The Labute approximate surface area is 87.2 Å².